The van der Waals surface area contributed by atoms with Crippen molar-refractivity contribution in [3.8, 4) is 17.0 Å². The van der Waals surface area contributed by atoms with Crippen molar-refractivity contribution in [2.45, 2.75) is 33.0 Å². The molecule has 28 heavy (non-hydrogen) atoms. The quantitative estimate of drug-likeness (QED) is 0.611. The van der Waals surface area contributed by atoms with E-state index in [0.717, 1.165) is 28.4 Å². The molecule has 1 aromatic carbocycles. The van der Waals surface area contributed by atoms with Crippen molar-refractivity contribution >= 4 is 17.1 Å². The molecule has 0 aliphatic carbocycles. The second-order valence-electron chi connectivity index (χ2n) is 7.00. The molecule has 0 amide bonds. The monoisotopic (exact) mass is 380 g/mol. The van der Waals surface area contributed by atoms with E-state index in [1.807, 2.05) is 45.0 Å². The van der Waals surface area contributed by atoms with E-state index in [0.29, 0.717) is 17.0 Å². The maximum Gasteiger partial charge on any atom is 0.258 e. The van der Waals surface area contributed by atoms with Gasteiger partial charge in [-0.1, -0.05) is 17.7 Å². The highest BCUT2D eigenvalue weighted by molar-refractivity contribution is 5.98. The second kappa shape index (κ2) is 7.94. The number of hydrogen-bond acceptors (Lipinski definition) is 5. The minimum Gasteiger partial charge on any atom is -0.481 e. The number of hydrogen-bond donors (Lipinski definition) is 0. The van der Waals surface area contributed by atoms with Gasteiger partial charge in [-0.3, -0.25) is 4.79 Å². The molecule has 6 nitrogen and oxygen atoms in total. The Kier molecular flexibility index (Phi) is 5.61. The zero-order chi connectivity index (χ0) is 20.4. The molecular formula is C22H24N2O4. The van der Waals surface area contributed by atoms with Gasteiger partial charge in [0.2, 0.25) is 5.88 Å². The second-order valence-corrected chi connectivity index (χ2v) is 7.00. The molecule has 0 aliphatic heterocycles. The molecule has 1 unspecified atom stereocenters. The minimum absolute atomic E-state index is 0.172. The van der Waals surface area contributed by atoms with Crippen LogP contribution in [0.1, 0.15) is 31.2 Å². The SMILES string of the molecule is COc1ccc(-c2c(C(C=O)OC(C)C)n(C)c(=O)c3ccc(C)cc23)cn1. The average molecular weight is 380 g/mol. The highest BCUT2D eigenvalue weighted by atomic mass is 16.5. The van der Waals surface area contributed by atoms with Crippen molar-refractivity contribution in [3.63, 3.8) is 0 Å². The van der Waals surface area contributed by atoms with Gasteiger partial charge in [-0.25, -0.2) is 4.98 Å². The van der Waals surface area contributed by atoms with E-state index < -0.39 is 6.10 Å². The summed E-state index contributed by atoms with van der Waals surface area (Å²) in [6.07, 6.45) is 1.36. The maximum absolute atomic E-state index is 13.0. The fraction of sp³-hybridized carbons (Fsp3) is 0.318. The van der Waals surface area contributed by atoms with Crippen LogP contribution in [0.3, 0.4) is 0 Å². The summed E-state index contributed by atoms with van der Waals surface area (Å²) in [5.41, 5.74) is 2.89. The van der Waals surface area contributed by atoms with E-state index in [9.17, 15) is 9.59 Å². The number of aldehydes is 1. The van der Waals surface area contributed by atoms with E-state index in [1.54, 1.807) is 26.4 Å². The number of ether oxygens (including phenoxy) is 2. The summed E-state index contributed by atoms with van der Waals surface area (Å²) >= 11 is 0. The topological polar surface area (TPSA) is 70.4 Å². The molecule has 3 rings (SSSR count). The predicted molar refractivity (Wildman–Crippen MR) is 109 cm³/mol. The number of carbonyl (C=O) groups excluding carboxylic acids is 1. The fourth-order valence-corrected chi connectivity index (χ4v) is 3.39. The molecule has 0 saturated heterocycles. The molecular weight excluding hydrogens is 356 g/mol. The van der Waals surface area contributed by atoms with Crippen LogP contribution in [-0.2, 0) is 16.6 Å². The van der Waals surface area contributed by atoms with E-state index in [4.69, 9.17) is 9.47 Å². The van der Waals surface area contributed by atoms with Gasteiger partial charge in [-0.15, -0.1) is 0 Å². The Hall–Kier alpha value is -2.99. The first-order valence-electron chi connectivity index (χ1n) is 9.11. The lowest BCUT2D eigenvalue weighted by atomic mass is 9.94. The number of pyridine rings is 2. The van der Waals surface area contributed by atoms with Gasteiger partial charge in [0.05, 0.1) is 18.9 Å². The van der Waals surface area contributed by atoms with Gasteiger partial charge >= 0.3 is 0 Å². The van der Waals surface area contributed by atoms with Crippen LogP contribution in [0.5, 0.6) is 5.88 Å². The molecule has 0 spiro atoms. The number of nitrogens with zero attached hydrogens (tertiary/aromatic N) is 2. The number of aryl methyl sites for hydroxylation is 1. The summed E-state index contributed by atoms with van der Waals surface area (Å²) in [5, 5.41) is 1.35. The summed E-state index contributed by atoms with van der Waals surface area (Å²) in [6.45, 7) is 5.68. The summed E-state index contributed by atoms with van der Waals surface area (Å²) in [4.78, 5) is 29.2. The first-order valence-corrected chi connectivity index (χ1v) is 9.11. The smallest absolute Gasteiger partial charge is 0.258 e. The molecule has 0 bridgehead atoms. The molecule has 6 heteroatoms. The number of benzene rings is 1. The van der Waals surface area contributed by atoms with E-state index in [1.165, 1.54) is 4.57 Å². The van der Waals surface area contributed by atoms with Crippen LogP contribution >= 0.6 is 0 Å². The van der Waals surface area contributed by atoms with Gasteiger partial charge in [0, 0.05) is 35.8 Å². The Morgan fingerprint density at radius 3 is 2.46 bits per heavy atom. The number of fused-ring (bicyclic) bond motifs is 1. The first kappa shape index (κ1) is 19.8. The molecule has 2 heterocycles. The van der Waals surface area contributed by atoms with Crippen LogP contribution in [0.4, 0.5) is 0 Å². The van der Waals surface area contributed by atoms with Crippen molar-refractivity contribution in [2.75, 3.05) is 7.11 Å². The number of rotatable bonds is 6. The third kappa shape index (κ3) is 3.55. The summed E-state index contributed by atoms with van der Waals surface area (Å²) in [5.74, 6) is 0.487. The highest BCUT2D eigenvalue weighted by Gasteiger charge is 2.25. The Balaban J connectivity index is 2.43. The molecule has 2 aromatic heterocycles. The number of carbonyl (C=O) groups is 1. The van der Waals surface area contributed by atoms with Crippen molar-refractivity contribution in [1.82, 2.24) is 9.55 Å². The third-order valence-corrected chi connectivity index (χ3v) is 4.64. The lowest BCUT2D eigenvalue weighted by Crippen LogP contribution is -2.26. The van der Waals surface area contributed by atoms with Crippen molar-refractivity contribution in [1.29, 1.82) is 0 Å². The van der Waals surface area contributed by atoms with E-state index in [2.05, 4.69) is 4.98 Å². The maximum atomic E-state index is 13.0. The van der Waals surface area contributed by atoms with E-state index >= 15 is 0 Å². The van der Waals surface area contributed by atoms with E-state index in [-0.39, 0.29) is 11.7 Å². The van der Waals surface area contributed by atoms with Gasteiger partial charge in [0.25, 0.3) is 5.56 Å². The predicted octanol–water partition coefficient (Wildman–Crippen LogP) is 3.58. The van der Waals surface area contributed by atoms with Crippen molar-refractivity contribution in [3.05, 3.63) is 58.1 Å². The van der Waals surface area contributed by atoms with Gasteiger partial charge in [0.15, 0.2) is 12.4 Å². The van der Waals surface area contributed by atoms with Gasteiger partial charge in [-0.05, 0) is 38.3 Å². The highest BCUT2D eigenvalue weighted by Crippen LogP contribution is 2.35. The summed E-state index contributed by atoms with van der Waals surface area (Å²) < 4.78 is 12.5. The average Bonchev–Trinajstić information content (AvgIpc) is 2.68. The molecule has 0 fully saturated rings. The number of aromatic nitrogens is 2. The van der Waals surface area contributed by atoms with Crippen LogP contribution in [0.15, 0.2) is 41.3 Å². The van der Waals surface area contributed by atoms with Gasteiger partial charge < -0.3 is 18.8 Å². The Morgan fingerprint density at radius 2 is 1.89 bits per heavy atom. The van der Waals surface area contributed by atoms with Gasteiger partial charge in [-0.2, -0.15) is 0 Å². The molecule has 0 radical (unpaired) electrons. The lowest BCUT2D eigenvalue weighted by Gasteiger charge is -2.23. The van der Waals surface area contributed by atoms with Crippen LogP contribution in [-0.4, -0.2) is 29.1 Å². The summed E-state index contributed by atoms with van der Waals surface area (Å²) in [7, 11) is 3.22. The fourth-order valence-electron chi connectivity index (χ4n) is 3.39. The van der Waals surface area contributed by atoms with Crippen LogP contribution in [0.25, 0.3) is 21.9 Å². The van der Waals surface area contributed by atoms with Crippen LogP contribution in [0, 0.1) is 6.92 Å². The van der Waals surface area contributed by atoms with Crippen LogP contribution < -0.4 is 10.3 Å². The molecule has 0 saturated carbocycles. The van der Waals surface area contributed by atoms with Crippen molar-refractivity contribution < 1.29 is 14.3 Å². The third-order valence-electron chi connectivity index (χ3n) is 4.64. The van der Waals surface area contributed by atoms with Crippen LogP contribution in [0.2, 0.25) is 0 Å². The zero-order valence-electron chi connectivity index (χ0n) is 16.7. The van der Waals surface area contributed by atoms with Crippen molar-refractivity contribution in [2.24, 2.45) is 7.05 Å². The standard InChI is InChI=1S/C22H24N2O4/c1-13(2)28-18(12-25)21-20(15-7-9-19(27-5)23-11-15)17-10-14(3)6-8-16(17)22(26)24(21)4/h6-13,18H,1-5H3. The molecule has 0 aliphatic rings. The Morgan fingerprint density at radius 1 is 1.14 bits per heavy atom. The number of methoxy groups -OCH3 is 1. The molecule has 0 N–H and O–H groups in total. The summed E-state index contributed by atoms with van der Waals surface area (Å²) in [6, 6.07) is 9.30. The molecule has 3 aromatic rings. The molecule has 1 atom stereocenters. The Labute approximate surface area is 163 Å². The minimum atomic E-state index is -0.875. The molecule has 146 valence electrons. The Bertz CT molecular complexity index is 1070. The first-order chi connectivity index (χ1) is 13.4. The zero-order valence-corrected chi connectivity index (χ0v) is 16.7. The lowest BCUT2D eigenvalue weighted by molar-refractivity contribution is -0.121. The van der Waals surface area contributed by atoms with Gasteiger partial charge in [0.1, 0.15) is 0 Å². The largest absolute Gasteiger partial charge is 0.481 e. The normalized spacial score (nSPS) is 12.4.